The number of para-hydroxylation sites is 1. The van der Waals surface area contributed by atoms with Gasteiger partial charge in [-0.1, -0.05) is 12.1 Å². The number of carbonyl (C=O) groups excluding carboxylic acids is 4. The van der Waals surface area contributed by atoms with Crippen LogP contribution in [0, 0.1) is 5.41 Å². The molecule has 3 fully saturated rings. The second kappa shape index (κ2) is 9.93. The highest BCUT2D eigenvalue weighted by Crippen LogP contribution is 2.41. The highest BCUT2D eigenvalue weighted by Gasteiger charge is 2.51. The van der Waals surface area contributed by atoms with Crippen LogP contribution >= 0.6 is 0 Å². The number of amides is 3. The second-order valence-corrected chi connectivity index (χ2v) is 12.1. The van der Waals surface area contributed by atoms with Gasteiger partial charge in [0.05, 0.1) is 17.1 Å². The Bertz CT molecular complexity index is 1390. The molecule has 4 heterocycles. The van der Waals surface area contributed by atoms with Gasteiger partial charge in [0.2, 0.25) is 11.8 Å². The number of nitrogens with zero attached hydrogens (tertiary/aromatic N) is 3. The molecule has 2 unspecified atom stereocenters. The molecule has 3 aliphatic heterocycles. The fourth-order valence-electron chi connectivity index (χ4n) is 6.23. The van der Waals surface area contributed by atoms with Gasteiger partial charge >= 0.3 is 11.8 Å². The Morgan fingerprint density at radius 1 is 1.13 bits per heavy atom. The summed E-state index contributed by atoms with van der Waals surface area (Å²) in [7, 11) is 1.67. The summed E-state index contributed by atoms with van der Waals surface area (Å²) in [6.45, 7) is 7.44. The topological polar surface area (TPSA) is 132 Å². The van der Waals surface area contributed by atoms with E-state index in [-0.39, 0.29) is 47.8 Å². The number of imide groups is 1. The summed E-state index contributed by atoms with van der Waals surface area (Å²) in [5, 5.41) is 5.65. The van der Waals surface area contributed by atoms with E-state index < -0.39 is 17.6 Å². The number of benzene rings is 1. The second-order valence-electron chi connectivity index (χ2n) is 12.1. The molecule has 5 rings (SSSR count). The van der Waals surface area contributed by atoms with Crippen molar-refractivity contribution in [3.05, 3.63) is 34.2 Å². The van der Waals surface area contributed by atoms with Gasteiger partial charge in [-0.05, 0) is 58.1 Å². The van der Waals surface area contributed by atoms with E-state index in [0.29, 0.717) is 37.0 Å². The molecule has 2 N–H and O–H groups in total. The van der Waals surface area contributed by atoms with Crippen molar-refractivity contribution in [1.29, 1.82) is 0 Å². The summed E-state index contributed by atoms with van der Waals surface area (Å²) in [6.07, 6.45) is 2.40. The molecule has 3 aliphatic rings. The Balaban J connectivity index is 1.27. The van der Waals surface area contributed by atoms with Gasteiger partial charge in [-0.3, -0.25) is 28.8 Å². The molecule has 1 aromatic heterocycles. The van der Waals surface area contributed by atoms with Gasteiger partial charge in [0.1, 0.15) is 11.6 Å². The lowest BCUT2D eigenvalue weighted by Gasteiger charge is -2.53. The predicted molar refractivity (Wildman–Crippen MR) is 143 cm³/mol. The number of aromatic nitrogens is 2. The van der Waals surface area contributed by atoms with Crippen LogP contribution in [0.3, 0.4) is 0 Å². The average molecular weight is 540 g/mol. The third-order valence-electron chi connectivity index (χ3n) is 8.35. The highest BCUT2D eigenvalue weighted by molar-refractivity contribution is 6.00. The Labute approximate surface area is 226 Å². The van der Waals surface area contributed by atoms with Crippen LogP contribution in [0.1, 0.15) is 64.5 Å². The van der Waals surface area contributed by atoms with Crippen LogP contribution in [0.25, 0.3) is 11.0 Å². The molecule has 0 aliphatic carbocycles. The van der Waals surface area contributed by atoms with Crippen LogP contribution in [0.5, 0.6) is 0 Å². The number of carbonyl (C=O) groups is 4. The molecule has 39 heavy (non-hydrogen) atoms. The van der Waals surface area contributed by atoms with Gasteiger partial charge in [0.15, 0.2) is 5.78 Å². The maximum Gasteiger partial charge on any atom is 0.410 e. The van der Waals surface area contributed by atoms with Gasteiger partial charge < -0.3 is 15.0 Å². The van der Waals surface area contributed by atoms with E-state index >= 15 is 0 Å². The number of fused-ring (bicyclic) bond motifs is 1. The van der Waals surface area contributed by atoms with Crippen molar-refractivity contribution in [2.45, 2.75) is 77.0 Å². The minimum atomic E-state index is -0.749. The Hall–Kier alpha value is -3.47. The van der Waals surface area contributed by atoms with Crippen LogP contribution in [-0.4, -0.2) is 69.0 Å². The maximum absolute atomic E-state index is 13.4. The lowest BCUT2D eigenvalue weighted by molar-refractivity contribution is -0.136. The van der Waals surface area contributed by atoms with Gasteiger partial charge in [-0.25, -0.2) is 9.59 Å². The number of likely N-dealkylation sites (tertiary alicyclic amines) is 1. The molecule has 1 spiro atoms. The van der Waals surface area contributed by atoms with E-state index in [1.54, 1.807) is 18.0 Å². The molecule has 3 amide bonds. The minimum Gasteiger partial charge on any atom is -0.444 e. The monoisotopic (exact) mass is 539 g/mol. The molecule has 210 valence electrons. The van der Waals surface area contributed by atoms with E-state index in [9.17, 15) is 24.0 Å². The first-order valence-corrected chi connectivity index (χ1v) is 13.7. The first kappa shape index (κ1) is 27.1. The summed E-state index contributed by atoms with van der Waals surface area (Å²) >= 11 is 0. The number of hydrogen-bond donors (Lipinski definition) is 2. The number of piperidine rings is 2. The molecule has 2 aromatic rings. The highest BCUT2D eigenvalue weighted by atomic mass is 16.6. The van der Waals surface area contributed by atoms with Crippen molar-refractivity contribution in [2.75, 3.05) is 19.6 Å². The largest absolute Gasteiger partial charge is 0.444 e. The van der Waals surface area contributed by atoms with Gasteiger partial charge in [-0.15, -0.1) is 0 Å². The molecule has 3 saturated heterocycles. The van der Waals surface area contributed by atoms with Crippen molar-refractivity contribution in [3.63, 3.8) is 0 Å². The fourth-order valence-corrected chi connectivity index (χ4v) is 6.23. The standard InChI is InChI=1S/C28H37N5O6/c1-27(2,3)39-26(38)32-14-12-28(13-15-32)16-29-23(28)20(34)10-8-17-6-5-7-18-22(17)31(4)25(37)33(18)19-9-11-21(35)30-24(19)36/h5-7,19,23,29H,8-16H2,1-4H3,(H,30,35,36). The Morgan fingerprint density at radius 2 is 1.85 bits per heavy atom. The van der Waals surface area contributed by atoms with Crippen molar-refractivity contribution in [1.82, 2.24) is 24.7 Å². The smallest absolute Gasteiger partial charge is 0.410 e. The van der Waals surface area contributed by atoms with Gasteiger partial charge in [0.25, 0.3) is 0 Å². The Morgan fingerprint density at radius 3 is 2.46 bits per heavy atom. The zero-order valence-electron chi connectivity index (χ0n) is 23.0. The van der Waals surface area contributed by atoms with Gasteiger partial charge in [-0.2, -0.15) is 0 Å². The normalized spacial score (nSPS) is 23.0. The molecule has 0 radical (unpaired) electrons. The summed E-state index contributed by atoms with van der Waals surface area (Å²) in [6, 6.07) is 4.54. The van der Waals surface area contributed by atoms with E-state index in [1.807, 2.05) is 32.9 Å². The molecule has 0 saturated carbocycles. The molecule has 0 bridgehead atoms. The third kappa shape index (κ3) is 4.99. The average Bonchev–Trinajstić information content (AvgIpc) is 3.11. The minimum absolute atomic E-state index is 0.124. The third-order valence-corrected chi connectivity index (χ3v) is 8.35. The van der Waals surface area contributed by atoms with Crippen molar-refractivity contribution >= 4 is 34.7 Å². The summed E-state index contributed by atoms with van der Waals surface area (Å²) in [5.74, 6) is -0.680. The number of hydrogen-bond acceptors (Lipinski definition) is 7. The lowest BCUT2D eigenvalue weighted by atomic mass is 9.65. The number of rotatable bonds is 5. The number of aryl methyl sites for hydroxylation is 2. The van der Waals surface area contributed by atoms with E-state index in [2.05, 4.69) is 10.6 Å². The fraction of sp³-hybridized carbons (Fsp3) is 0.607. The summed E-state index contributed by atoms with van der Waals surface area (Å²) < 4.78 is 8.49. The predicted octanol–water partition coefficient (Wildman–Crippen LogP) is 1.81. The number of imidazole rings is 1. The number of nitrogens with one attached hydrogen (secondary N) is 2. The van der Waals surface area contributed by atoms with Crippen LogP contribution in [0.4, 0.5) is 4.79 Å². The molecular formula is C28H37N5O6. The summed E-state index contributed by atoms with van der Waals surface area (Å²) in [4.78, 5) is 64.8. The van der Waals surface area contributed by atoms with Crippen molar-refractivity contribution in [2.24, 2.45) is 12.5 Å². The van der Waals surface area contributed by atoms with Crippen LogP contribution in [0.15, 0.2) is 23.0 Å². The van der Waals surface area contributed by atoms with E-state index in [1.165, 1.54) is 9.13 Å². The van der Waals surface area contributed by atoms with Gasteiger partial charge in [0, 0.05) is 44.9 Å². The SMILES string of the molecule is Cn1c(=O)n(C2CCC(=O)NC2=O)c2cccc(CCC(=O)C3NCC34CCN(C(=O)OC(C)(C)C)CC4)c21. The maximum atomic E-state index is 13.4. The summed E-state index contributed by atoms with van der Waals surface area (Å²) in [5.41, 5.74) is 1.16. The Kier molecular flexibility index (Phi) is 6.90. The van der Waals surface area contributed by atoms with E-state index in [4.69, 9.17) is 4.74 Å². The number of ether oxygens (including phenoxy) is 1. The first-order chi connectivity index (χ1) is 18.4. The van der Waals surface area contributed by atoms with Crippen molar-refractivity contribution in [3.8, 4) is 0 Å². The van der Waals surface area contributed by atoms with Crippen molar-refractivity contribution < 1.29 is 23.9 Å². The molecule has 2 atom stereocenters. The van der Waals surface area contributed by atoms with Crippen LogP contribution < -0.4 is 16.3 Å². The number of Topliss-reactive ketones (excluding diaryl/α,β-unsaturated/α-hetero) is 1. The molecule has 1 aromatic carbocycles. The molecule has 11 nitrogen and oxygen atoms in total. The van der Waals surface area contributed by atoms with Crippen LogP contribution in [-0.2, 0) is 32.6 Å². The van der Waals surface area contributed by atoms with E-state index in [0.717, 1.165) is 24.9 Å². The first-order valence-electron chi connectivity index (χ1n) is 13.7. The zero-order valence-corrected chi connectivity index (χ0v) is 23.0. The zero-order chi connectivity index (χ0) is 28.1. The van der Waals surface area contributed by atoms with Crippen LogP contribution in [0.2, 0.25) is 0 Å². The number of ketones is 1. The quantitative estimate of drug-likeness (QED) is 0.554. The lowest BCUT2D eigenvalue weighted by Crippen LogP contribution is -2.68. The molecule has 11 heteroatoms. The molecular weight excluding hydrogens is 502 g/mol.